The second-order valence-electron chi connectivity index (χ2n) is 5.63. The first kappa shape index (κ1) is 17.3. The predicted octanol–water partition coefficient (Wildman–Crippen LogP) is 1.34. The normalized spacial score (nSPS) is 11.4. The van der Waals surface area contributed by atoms with Crippen molar-refractivity contribution in [2.24, 2.45) is 0 Å². The molecule has 132 valence electrons. The number of H-pyrrole nitrogens is 1. The maximum Gasteiger partial charge on any atom is 0.308 e. The van der Waals surface area contributed by atoms with Gasteiger partial charge >= 0.3 is 5.97 Å². The Hall–Kier alpha value is -3.54. The molecule has 0 aliphatic heterocycles. The molecule has 1 heterocycles. The molecule has 0 aliphatic rings. The third-order valence-electron chi connectivity index (χ3n) is 3.77. The van der Waals surface area contributed by atoms with E-state index < -0.39 is 5.97 Å². The number of carbonyl (C=O) groups excluding carboxylic acids is 1. The maximum atomic E-state index is 12.7. The van der Waals surface area contributed by atoms with Gasteiger partial charge in [-0.05, 0) is 35.9 Å². The highest BCUT2D eigenvalue weighted by Crippen LogP contribution is 2.28. The second kappa shape index (κ2) is 7.14. The Morgan fingerprint density at radius 2 is 1.88 bits per heavy atom. The van der Waals surface area contributed by atoms with Crippen molar-refractivity contribution in [3.63, 3.8) is 0 Å². The number of hydrogen-bond donors (Lipinski definition) is 1. The quantitative estimate of drug-likeness (QED) is 0.569. The van der Waals surface area contributed by atoms with E-state index >= 15 is 0 Å². The summed E-state index contributed by atoms with van der Waals surface area (Å²) >= 11 is 0. The fraction of sp³-hybridized carbons (Fsp3) is 0.100. The molecular formula is C20H18N2O4. The van der Waals surface area contributed by atoms with Crippen LogP contribution in [0, 0.1) is 0 Å². The van der Waals surface area contributed by atoms with Gasteiger partial charge < -0.3 is 9.47 Å². The molecule has 2 aromatic carbocycles. The molecule has 6 nitrogen and oxygen atoms in total. The number of esters is 1. The van der Waals surface area contributed by atoms with E-state index in [1.807, 2.05) is 30.3 Å². The second-order valence-corrected chi connectivity index (χ2v) is 5.63. The van der Waals surface area contributed by atoms with Gasteiger partial charge in [-0.1, -0.05) is 30.8 Å². The summed E-state index contributed by atoms with van der Waals surface area (Å²) < 4.78 is 11.8. The summed E-state index contributed by atoms with van der Waals surface area (Å²) in [5, 5.41) is 3.92. The molecular weight excluding hydrogens is 332 g/mol. The van der Waals surface area contributed by atoms with Crippen molar-refractivity contribution in [1.82, 2.24) is 9.78 Å². The van der Waals surface area contributed by atoms with E-state index in [1.165, 1.54) is 18.7 Å². The van der Waals surface area contributed by atoms with Gasteiger partial charge in [0, 0.05) is 6.92 Å². The molecule has 0 radical (unpaired) electrons. The first-order valence-electron chi connectivity index (χ1n) is 7.93. The van der Waals surface area contributed by atoms with Crippen molar-refractivity contribution in [3.8, 4) is 17.2 Å². The summed E-state index contributed by atoms with van der Waals surface area (Å²) in [6.07, 6.45) is 1.71. The molecule has 0 unspecified atom stereocenters. The molecule has 0 bridgehead atoms. The van der Waals surface area contributed by atoms with Gasteiger partial charge in [0.1, 0.15) is 0 Å². The molecule has 1 aromatic heterocycles. The van der Waals surface area contributed by atoms with Crippen LogP contribution in [0.1, 0.15) is 12.5 Å². The van der Waals surface area contributed by atoms with Gasteiger partial charge in [-0.15, -0.1) is 0 Å². The van der Waals surface area contributed by atoms with E-state index in [4.69, 9.17) is 9.47 Å². The lowest BCUT2D eigenvalue weighted by Crippen LogP contribution is -2.33. The van der Waals surface area contributed by atoms with E-state index in [2.05, 4.69) is 11.7 Å². The zero-order chi connectivity index (χ0) is 18.7. The predicted molar refractivity (Wildman–Crippen MR) is 99.0 cm³/mol. The van der Waals surface area contributed by atoms with E-state index in [0.29, 0.717) is 22.1 Å². The molecule has 0 fully saturated rings. The van der Waals surface area contributed by atoms with Crippen LogP contribution in [-0.4, -0.2) is 22.9 Å². The molecule has 1 N–H and O–H groups in total. The van der Waals surface area contributed by atoms with Crippen molar-refractivity contribution in [3.05, 3.63) is 75.0 Å². The molecule has 0 atom stereocenters. The van der Waals surface area contributed by atoms with Crippen LogP contribution < -0.4 is 25.6 Å². The van der Waals surface area contributed by atoms with Crippen LogP contribution in [0.15, 0.2) is 53.3 Å². The summed E-state index contributed by atoms with van der Waals surface area (Å²) in [5.41, 5.74) is 1.24. The van der Waals surface area contributed by atoms with Crippen LogP contribution in [0.3, 0.4) is 0 Å². The van der Waals surface area contributed by atoms with Crippen molar-refractivity contribution in [2.45, 2.75) is 6.92 Å². The summed E-state index contributed by atoms with van der Waals surface area (Å²) in [6.45, 7) is 5.23. The van der Waals surface area contributed by atoms with Crippen molar-refractivity contribution >= 4 is 18.6 Å². The summed E-state index contributed by atoms with van der Waals surface area (Å²) in [5.74, 6) is 0.290. The van der Waals surface area contributed by atoms with Crippen molar-refractivity contribution in [2.75, 3.05) is 7.11 Å². The molecule has 0 amide bonds. The average molecular weight is 350 g/mol. The SMILES string of the molecule is C=c1[nH]n(-c2ccccc2)c(=O)/c1=C\c1ccc(OC(C)=O)c(OC)c1. The van der Waals surface area contributed by atoms with E-state index in [1.54, 1.807) is 24.3 Å². The fourth-order valence-corrected chi connectivity index (χ4v) is 2.58. The van der Waals surface area contributed by atoms with Gasteiger partial charge in [-0.25, -0.2) is 4.68 Å². The molecule has 6 heteroatoms. The Balaban J connectivity index is 2.09. The number of aromatic nitrogens is 2. The number of benzene rings is 2. The van der Waals surface area contributed by atoms with Crippen LogP contribution in [-0.2, 0) is 4.79 Å². The smallest absolute Gasteiger partial charge is 0.308 e. The van der Waals surface area contributed by atoms with Gasteiger partial charge in [0.2, 0.25) is 0 Å². The molecule has 0 aliphatic carbocycles. The van der Waals surface area contributed by atoms with Crippen LogP contribution >= 0.6 is 0 Å². The van der Waals surface area contributed by atoms with E-state index in [0.717, 1.165) is 11.3 Å². The molecule has 0 saturated carbocycles. The monoisotopic (exact) mass is 350 g/mol. The number of rotatable bonds is 4. The number of para-hydroxylation sites is 1. The minimum Gasteiger partial charge on any atom is -0.493 e. The Morgan fingerprint density at radius 3 is 2.54 bits per heavy atom. The fourth-order valence-electron chi connectivity index (χ4n) is 2.58. The molecule has 0 saturated heterocycles. The highest BCUT2D eigenvalue weighted by atomic mass is 16.6. The Kier molecular flexibility index (Phi) is 4.75. The number of nitrogens with zero attached hydrogens (tertiary/aromatic N) is 1. The number of hydrogen-bond acceptors (Lipinski definition) is 4. The third-order valence-corrected chi connectivity index (χ3v) is 3.77. The average Bonchev–Trinajstić information content (AvgIpc) is 2.91. The van der Waals surface area contributed by atoms with Gasteiger partial charge in [-0.2, -0.15) is 0 Å². The number of carbonyl (C=O) groups is 1. The number of methoxy groups -OCH3 is 1. The lowest BCUT2D eigenvalue weighted by molar-refractivity contribution is -0.132. The number of ether oxygens (including phenoxy) is 2. The van der Waals surface area contributed by atoms with Crippen LogP contribution in [0.2, 0.25) is 0 Å². The highest BCUT2D eigenvalue weighted by Gasteiger charge is 2.08. The Labute approximate surface area is 149 Å². The minimum absolute atomic E-state index is 0.204. The minimum atomic E-state index is -0.434. The van der Waals surface area contributed by atoms with Crippen LogP contribution in [0.25, 0.3) is 18.3 Å². The molecule has 0 spiro atoms. The first-order chi connectivity index (χ1) is 12.5. The highest BCUT2D eigenvalue weighted by molar-refractivity contribution is 5.71. The molecule has 3 aromatic rings. The van der Waals surface area contributed by atoms with E-state index in [9.17, 15) is 9.59 Å². The summed E-state index contributed by atoms with van der Waals surface area (Å²) in [4.78, 5) is 23.9. The topological polar surface area (TPSA) is 73.3 Å². The zero-order valence-electron chi connectivity index (χ0n) is 14.5. The van der Waals surface area contributed by atoms with Crippen molar-refractivity contribution in [1.29, 1.82) is 0 Å². The largest absolute Gasteiger partial charge is 0.493 e. The number of nitrogens with one attached hydrogen (secondary N) is 1. The lowest BCUT2D eigenvalue weighted by Gasteiger charge is -2.08. The van der Waals surface area contributed by atoms with Gasteiger partial charge in [0.25, 0.3) is 5.56 Å². The van der Waals surface area contributed by atoms with E-state index in [-0.39, 0.29) is 5.56 Å². The third kappa shape index (κ3) is 3.44. The summed E-state index contributed by atoms with van der Waals surface area (Å²) in [7, 11) is 1.48. The van der Waals surface area contributed by atoms with Gasteiger partial charge in [-0.3, -0.25) is 14.7 Å². The van der Waals surface area contributed by atoms with Crippen molar-refractivity contribution < 1.29 is 14.3 Å². The molecule has 3 rings (SSSR count). The maximum absolute atomic E-state index is 12.7. The first-order valence-corrected chi connectivity index (χ1v) is 7.93. The number of aromatic amines is 1. The summed E-state index contributed by atoms with van der Waals surface area (Å²) in [6, 6.07) is 14.3. The van der Waals surface area contributed by atoms with Crippen LogP contribution in [0.4, 0.5) is 0 Å². The standard InChI is InChI=1S/C20H18N2O4/c1-13-17(20(24)22(21-13)16-7-5-4-6-8-16)11-15-9-10-18(26-14(2)23)19(12-15)25-3/h4-12,21H,1H2,2-3H3/b17-11-. The van der Waals surface area contributed by atoms with Gasteiger partial charge in [0.15, 0.2) is 11.5 Å². The Bertz CT molecular complexity index is 1110. The zero-order valence-corrected chi connectivity index (χ0v) is 14.5. The molecule has 26 heavy (non-hydrogen) atoms. The van der Waals surface area contributed by atoms with Gasteiger partial charge in [0.05, 0.1) is 23.4 Å². The Morgan fingerprint density at radius 1 is 1.15 bits per heavy atom. The van der Waals surface area contributed by atoms with Crippen LogP contribution in [0.5, 0.6) is 11.5 Å². The lowest BCUT2D eigenvalue weighted by atomic mass is 10.1.